The molecule has 1 heterocycles. The highest BCUT2D eigenvalue weighted by Gasteiger charge is 2.36. The Morgan fingerprint density at radius 1 is 1.22 bits per heavy atom. The minimum absolute atomic E-state index is 0.0114. The molecule has 150 valence electrons. The monoisotopic (exact) mass is 416 g/mol. The fourth-order valence-corrected chi connectivity index (χ4v) is 4.45. The summed E-state index contributed by atoms with van der Waals surface area (Å²) in [7, 11) is 0. The Hall–Kier alpha value is -1.24. The lowest BCUT2D eigenvalue weighted by Crippen LogP contribution is -2.48. The number of anilines is 1. The molecule has 0 unspecified atom stereocenters. The Labute approximate surface area is 170 Å². The van der Waals surface area contributed by atoms with E-state index in [4.69, 9.17) is 28.9 Å². The van der Waals surface area contributed by atoms with Gasteiger partial charge in [0.15, 0.2) is 0 Å². The molecule has 2 amide bonds. The molecular formula is C19H27Cl2FN4O. The number of piperazine rings is 1. The summed E-state index contributed by atoms with van der Waals surface area (Å²) in [6.45, 7) is 4.21. The minimum Gasteiger partial charge on any atom is -0.368 e. The second kappa shape index (κ2) is 8.84. The quantitative estimate of drug-likeness (QED) is 0.766. The third-order valence-corrected chi connectivity index (χ3v) is 6.56. The number of nitrogens with one attached hydrogen (secondary N) is 1. The van der Waals surface area contributed by atoms with Crippen molar-refractivity contribution in [2.24, 2.45) is 5.73 Å². The highest BCUT2D eigenvalue weighted by Crippen LogP contribution is 2.36. The Kier molecular flexibility index (Phi) is 6.71. The van der Waals surface area contributed by atoms with Crippen LogP contribution in [-0.2, 0) is 0 Å². The van der Waals surface area contributed by atoms with Crippen LogP contribution in [-0.4, -0.2) is 55.4 Å². The van der Waals surface area contributed by atoms with Gasteiger partial charge in [0.05, 0.1) is 15.7 Å². The van der Waals surface area contributed by atoms with E-state index in [9.17, 15) is 4.79 Å². The standard InChI is InChI=1S/C19H27Cl2FN4O/c20-15-2-1-3-16(17(15)21)26-12-10-25(11-13-26)9-8-19(22)6-4-14(5-7-19)24-18(23)27/h1-3,14H,4-13H2,(H3,23,24,27). The van der Waals surface area contributed by atoms with Crippen molar-refractivity contribution in [1.29, 1.82) is 0 Å². The number of rotatable bonds is 5. The molecule has 1 aromatic rings. The van der Waals surface area contributed by atoms with Gasteiger partial charge in [-0.05, 0) is 44.2 Å². The van der Waals surface area contributed by atoms with Crippen LogP contribution in [0.15, 0.2) is 18.2 Å². The van der Waals surface area contributed by atoms with Gasteiger partial charge in [0.25, 0.3) is 0 Å². The number of alkyl halides is 1. The SMILES string of the molecule is NC(=O)NC1CCC(F)(CCN2CCN(c3cccc(Cl)c3Cl)CC2)CC1. The topological polar surface area (TPSA) is 61.6 Å². The largest absolute Gasteiger partial charge is 0.368 e. The van der Waals surface area contributed by atoms with Gasteiger partial charge in [0.2, 0.25) is 0 Å². The Morgan fingerprint density at radius 3 is 2.52 bits per heavy atom. The van der Waals surface area contributed by atoms with Crippen LogP contribution in [0.25, 0.3) is 0 Å². The molecule has 1 saturated carbocycles. The van der Waals surface area contributed by atoms with Crippen LogP contribution in [0.5, 0.6) is 0 Å². The predicted molar refractivity (Wildman–Crippen MR) is 109 cm³/mol. The van der Waals surface area contributed by atoms with Crippen LogP contribution in [0.4, 0.5) is 14.9 Å². The van der Waals surface area contributed by atoms with Crippen LogP contribution in [0.1, 0.15) is 32.1 Å². The lowest BCUT2D eigenvalue weighted by Gasteiger charge is -2.39. The van der Waals surface area contributed by atoms with Gasteiger partial charge in [0.1, 0.15) is 5.67 Å². The maximum Gasteiger partial charge on any atom is 0.312 e. The molecule has 1 saturated heterocycles. The second-order valence-corrected chi connectivity index (χ2v) is 8.37. The maximum atomic E-state index is 15.1. The molecule has 0 aromatic heterocycles. The molecule has 0 bridgehead atoms. The van der Waals surface area contributed by atoms with Crippen molar-refractivity contribution in [3.8, 4) is 0 Å². The van der Waals surface area contributed by atoms with Gasteiger partial charge in [-0.2, -0.15) is 0 Å². The summed E-state index contributed by atoms with van der Waals surface area (Å²) in [6, 6.07) is 5.17. The van der Waals surface area contributed by atoms with Crippen LogP contribution < -0.4 is 16.0 Å². The third kappa shape index (κ3) is 5.39. The average molecular weight is 417 g/mol. The lowest BCUT2D eigenvalue weighted by atomic mass is 9.81. The summed E-state index contributed by atoms with van der Waals surface area (Å²) in [5, 5.41) is 3.85. The highest BCUT2D eigenvalue weighted by atomic mass is 35.5. The molecular weight excluding hydrogens is 390 g/mol. The van der Waals surface area contributed by atoms with E-state index in [0.29, 0.717) is 42.1 Å². The number of hydrogen-bond donors (Lipinski definition) is 2. The molecule has 3 rings (SSSR count). The molecule has 3 N–H and O–H groups in total. The third-order valence-electron chi connectivity index (χ3n) is 5.75. The average Bonchev–Trinajstić information content (AvgIpc) is 2.65. The van der Waals surface area contributed by atoms with Crippen molar-refractivity contribution >= 4 is 34.9 Å². The van der Waals surface area contributed by atoms with Gasteiger partial charge >= 0.3 is 6.03 Å². The fraction of sp³-hybridized carbons (Fsp3) is 0.632. The Bertz CT molecular complexity index is 659. The summed E-state index contributed by atoms with van der Waals surface area (Å²) >= 11 is 12.4. The molecule has 2 aliphatic rings. The first-order valence-corrected chi connectivity index (χ1v) is 10.3. The van der Waals surface area contributed by atoms with Crippen molar-refractivity contribution in [1.82, 2.24) is 10.2 Å². The Balaban J connectivity index is 1.43. The summed E-state index contributed by atoms with van der Waals surface area (Å²) < 4.78 is 15.1. The van der Waals surface area contributed by atoms with E-state index in [1.54, 1.807) is 6.07 Å². The second-order valence-electron chi connectivity index (χ2n) is 7.59. The summed E-state index contributed by atoms with van der Waals surface area (Å²) in [4.78, 5) is 15.5. The molecule has 0 atom stereocenters. The maximum absolute atomic E-state index is 15.1. The van der Waals surface area contributed by atoms with Crippen LogP contribution in [0, 0.1) is 0 Å². The number of urea groups is 1. The molecule has 8 heteroatoms. The van der Waals surface area contributed by atoms with Crippen molar-refractivity contribution in [2.45, 2.75) is 43.8 Å². The minimum atomic E-state index is -1.14. The lowest BCUT2D eigenvalue weighted by molar-refractivity contribution is 0.0690. The number of primary amides is 1. The zero-order valence-corrected chi connectivity index (χ0v) is 16.9. The first kappa shape index (κ1) is 20.5. The van der Waals surface area contributed by atoms with Gasteiger partial charge in [-0.15, -0.1) is 0 Å². The fourth-order valence-electron chi connectivity index (χ4n) is 4.04. The van der Waals surface area contributed by atoms with E-state index in [1.165, 1.54) is 0 Å². The normalized spacial score (nSPS) is 26.8. The van der Waals surface area contributed by atoms with Gasteiger partial charge in [-0.25, -0.2) is 9.18 Å². The van der Waals surface area contributed by atoms with E-state index in [0.717, 1.165) is 38.4 Å². The molecule has 0 radical (unpaired) electrons. The molecule has 1 aliphatic carbocycles. The zero-order chi connectivity index (χ0) is 19.4. The first-order chi connectivity index (χ1) is 12.9. The van der Waals surface area contributed by atoms with E-state index in [-0.39, 0.29) is 6.04 Å². The number of benzene rings is 1. The molecule has 27 heavy (non-hydrogen) atoms. The molecule has 5 nitrogen and oxygen atoms in total. The van der Waals surface area contributed by atoms with E-state index >= 15 is 4.39 Å². The van der Waals surface area contributed by atoms with Crippen molar-refractivity contribution in [3.05, 3.63) is 28.2 Å². The number of carbonyl (C=O) groups excluding carboxylic acids is 1. The van der Waals surface area contributed by atoms with Gasteiger partial charge in [-0.1, -0.05) is 29.3 Å². The van der Waals surface area contributed by atoms with E-state index in [2.05, 4.69) is 15.1 Å². The summed E-state index contributed by atoms with van der Waals surface area (Å²) in [5.41, 5.74) is 4.98. The van der Waals surface area contributed by atoms with Gasteiger partial charge < -0.3 is 16.0 Å². The van der Waals surface area contributed by atoms with Gasteiger partial charge in [0, 0.05) is 38.8 Å². The number of nitrogens with zero attached hydrogens (tertiary/aromatic N) is 2. The summed E-state index contributed by atoms with van der Waals surface area (Å²) in [6.07, 6.45) is 2.81. The number of amides is 2. The predicted octanol–water partition coefficient (Wildman–Crippen LogP) is 3.82. The number of halogens is 3. The number of carbonyl (C=O) groups is 1. The van der Waals surface area contributed by atoms with Crippen LogP contribution in [0.3, 0.4) is 0 Å². The zero-order valence-electron chi connectivity index (χ0n) is 15.4. The summed E-state index contributed by atoms with van der Waals surface area (Å²) in [5.74, 6) is 0. The van der Waals surface area contributed by atoms with Crippen molar-refractivity contribution < 1.29 is 9.18 Å². The van der Waals surface area contributed by atoms with E-state index in [1.807, 2.05) is 12.1 Å². The first-order valence-electron chi connectivity index (χ1n) is 9.52. The van der Waals surface area contributed by atoms with E-state index < -0.39 is 11.7 Å². The van der Waals surface area contributed by atoms with Crippen molar-refractivity contribution in [2.75, 3.05) is 37.6 Å². The number of nitrogens with two attached hydrogens (primary N) is 1. The van der Waals surface area contributed by atoms with Crippen LogP contribution >= 0.6 is 23.2 Å². The smallest absolute Gasteiger partial charge is 0.312 e. The molecule has 1 aliphatic heterocycles. The highest BCUT2D eigenvalue weighted by molar-refractivity contribution is 6.43. The Morgan fingerprint density at radius 2 is 1.89 bits per heavy atom. The molecule has 0 spiro atoms. The number of hydrogen-bond acceptors (Lipinski definition) is 3. The van der Waals surface area contributed by atoms with Crippen molar-refractivity contribution in [3.63, 3.8) is 0 Å². The van der Waals surface area contributed by atoms with Gasteiger partial charge in [-0.3, -0.25) is 4.90 Å². The molecule has 1 aromatic carbocycles. The van der Waals surface area contributed by atoms with Crippen LogP contribution in [0.2, 0.25) is 10.0 Å². The molecule has 2 fully saturated rings.